The van der Waals surface area contributed by atoms with Crippen LogP contribution in [-0.4, -0.2) is 26.3 Å². The number of benzene rings is 3. The average Bonchev–Trinajstić information content (AvgIpc) is 3.34. The number of rotatable bonds is 9. The minimum atomic E-state index is -0.106. The number of nitrogens with zero attached hydrogens (tertiary/aromatic N) is 3. The summed E-state index contributed by atoms with van der Waals surface area (Å²) in [5.41, 5.74) is 2.73. The molecular formula is C29H27Cl2N3O2S. The van der Waals surface area contributed by atoms with Crippen molar-refractivity contribution < 1.29 is 9.53 Å². The van der Waals surface area contributed by atoms with Crippen molar-refractivity contribution in [3.05, 3.63) is 99.8 Å². The van der Waals surface area contributed by atoms with Gasteiger partial charge < -0.3 is 4.74 Å². The number of aromatic nitrogens is 3. The SMILES string of the molecule is O=C(CSc1nnc(COc2ccc(C3CCCCC3)cc2)n1-c1ccccc1)c1ccc(Cl)cc1Cl. The molecule has 0 radical (unpaired) electrons. The molecule has 1 aromatic heterocycles. The van der Waals surface area contributed by atoms with Crippen molar-refractivity contribution in [2.45, 2.75) is 49.8 Å². The van der Waals surface area contributed by atoms with Crippen molar-refractivity contribution in [3.63, 3.8) is 0 Å². The Morgan fingerprint density at radius 3 is 2.43 bits per heavy atom. The first kappa shape index (κ1) is 25.8. The quantitative estimate of drug-likeness (QED) is 0.155. The first-order chi connectivity index (χ1) is 18.1. The molecule has 0 amide bonds. The maximum atomic E-state index is 12.8. The van der Waals surface area contributed by atoms with Gasteiger partial charge in [0, 0.05) is 16.3 Å². The van der Waals surface area contributed by atoms with Crippen molar-refractivity contribution in [1.82, 2.24) is 14.8 Å². The van der Waals surface area contributed by atoms with Crippen LogP contribution in [0.25, 0.3) is 5.69 Å². The lowest BCUT2D eigenvalue weighted by molar-refractivity contribution is 0.102. The molecule has 1 heterocycles. The summed E-state index contributed by atoms with van der Waals surface area (Å²) < 4.78 is 8.03. The second-order valence-corrected chi connectivity index (χ2v) is 10.9. The molecule has 3 aromatic carbocycles. The van der Waals surface area contributed by atoms with E-state index in [0.717, 1.165) is 11.4 Å². The second kappa shape index (κ2) is 12.2. The fourth-order valence-electron chi connectivity index (χ4n) is 4.67. The normalized spacial score (nSPS) is 14.0. The predicted molar refractivity (Wildman–Crippen MR) is 149 cm³/mol. The summed E-state index contributed by atoms with van der Waals surface area (Å²) in [6, 6.07) is 23.2. The van der Waals surface area contributed by atoms with E-state index in [1.54, 1.807) is 18.2 Å². The Labute approximate surface area is 231 Å². The summed E-state index contributed by atoms with van der Waals surface area (Å²) in [6.07, 6.45) is 6.53. The largest absolute Gasteiger partial charge is 0.486 e. The molecule has 1 saturated carbocycles. The van der Waals surface area contributed by atoms with Crippen LogP contribution < -0.4 is 4.74 Å². The van der Waals surface area contributed by atoms with E-state index in [4.69, 9.17) is 27.9 Å². The third kappa shape index (κ3) is 6.38. The van der Waals surface area contributed by atoms with Crippen LogP contribution in [-0.2, 0) is 6.61 Å². The number of thioether (sulfide) groups is 1. The number of para-hydroxylation sites is 1. The molecule has 0 N–H and O–H groups in total. The highest BCUT2D eigenvalue weighted by molar-refractivity contribution is 7.99. The van der Waals surface area contributed by atoms with E-state index < -0.39 is 0 Å². The fourth-order valence-corrected chi connectivity index (χ4v) is 6.04. The molecule has 0 spiro atoms. The number of carbonyl (C=O) groups is 1. The summed E-state index contributed by atoms with van der Waals surface area (Å²) in [4.78, 5) is 12.8. The molecule has 5 nitrogen and oxygen atoms in total. The van der Waals surface area contributed by atoms with Crippen LogP contribution in [0.2, 0.25) is 10.0 Å². The van der Waals surface area contributed by atoms with Gasteiger partial charge in [0.05, 0.1) is 10.8 Å². The molecule has 190 valence electrons. The van der Waals surface area contributed by atoms with Gasteiger partial charge in [0.1, 0.15) is 12.4 Å². The Morgan fingerprint density at radius 1 is 0.946 bits per heavy atom. The number of carbonyl (C=O) groups excluding carboxylic acids is 1. The Kier molecular flexibility index (Phi) is 8.49. The standard InChI is InChI=1S/C29H27Cl2N3O2S/c30-22-13-16-25(26(31)17-22)27(35)19-37-29-33-32-28(34(29)23-9-5-2-6-10-23)18-36-24-14-11-21(12-15-24)20-7-3-1-4-8-20/h2,5-6,9-17,20H,1,3-4,7-8,18-19H2. The van der Waals surface area contributed by atoms with Gasteiger partial charge in [-0.15, -0.1) is 10.2 Å². The molecule has 1 aliphatic carbocycles. The van der Waals surface area contributed by atoms with Gasteiger partial charge >= 0.3 is 0 Å². The Balaban J connectivity index is 1.30. The van der Waals surface area contributed by atoms with E-state index in [1.165, 1.54) is 49.4 Å². The van der Waals surface area contributed by atoms with E-state index in [0.29, 0.717) is 32.5 Å². The second-order valence-electron chi connectivity index (χ2n) is 9.10. The van der Waals surface area contributed by atoms with Crippen LogP contribution in [0.3, 0.4) is 0 Å². The zero-order chi connectivity index (χ0) is 25.6. The Bertz CT molecular complexity index is 1350. The summed E-state index contributed by atoms with van der Waals surface area (Å²) in [5.74, 6) is 2.17. The van der Waals surface area contributed by atoms with E-state index in [1.807, 2.05) is 47.0 Å². The lowest BCUT2D eigenvalue weighted by Crippen LogP contribution is -2.08. The van der Waals surface area contributed by atoms with Crippen molar-refractivity contribution >= 4 is 40.7 Å². The Hall–Kier alpha value is -2.80. The molecule has 1 aliphatic rings. The number of ether oxygens (including phenoxy) is 1. The highest BCUT2D eigenvalue weighted by atomic mass is 35.5. The number of hydrogen-bond acceptors (Lipinski definition) is 5. The van der Waals surface area contributed by atoms with Gasteiger partial charge in [-0.3, -0.25) is 9.36 Å². The zero-order valence-corrected chi connectivity index (χ0v) is 22.6. The molecule has 5 rings (SSSR count). The van der Waals surface area contributed by atoms with Crippen LogP contribution in [0.15, 0.2) is 78.0 Å². The molecule has 0 unspecified atom stereocenters. The van der Waals surface area contributed by atoms with Gasteiger partial charge in [0.15, 0.2) is 16.8 Å². The van der Waals surface area contributed by atoms with Gasteiger partial charge in [-0.2, -0.15) is 0 Å². The monoisotopic (exact) mass is 551 g/mol. The third-order valence-corrected chi connectivity index (χ3v) is 8.08. The van der Waals surface area contributed by atoms with E-state index in [9.17, 15) is 4.79 Å². The molecule has 4 aromatic rings. The zero-order valence-electron chi connectivity index (χ0n) is 20.3. The lowest BCUT2D eigenvalue weighted by Gasteiger charge is -2.22. The molecular weight excluding hydrogens is 525 g/mol. The number of halogens is 2. The maximum Gasteiger partial charge on any atom is 0.196 e. The molecule has 1 fully saturated rings. The van der Waals surface area contributed by atoms with Crippen molar-refractivity contribution in [1.29, 1.82) is 0 Å². The molecule has 0 saturated heterocycles. The van der Waals surface area contributed by atoms with Gasteiger partial charge in [0.25, 0.3) is 0 Å². The molecule has 0 atom stereocenters. The summed E-state index contributed by atoms with van der Waals surface area (Å²) in [6.45, 7) is 0.252. The van der Waals surface area contributed by atoms with Crippen molar-refractivity contribution in [2.24, 2.45) is 0 Å². The number of ketones is 1. The molecule has 0 aliphatic heterocycles. The van der Waals surface area contributed by atoms with Gasteiger partial charge in [0.2, 0.25) is 0 Å². The van der Waals surface area contributed by atoms with Crippen molar-refractivity contribution in [2.75, 3.05) is 5.75 Å². The van der Waals surface area contributed by atoms with E-state index in [2.05, 4.69) is 22.3 Å². The van der Waals surface area contributed by atoms with Crippen LogP contribution in [0.1, 0.15) is 59.8 Å². The highest BCUT2D eigenvalue weighted by Gasteiger charge is 2.19. The van der Waals surface area contributed by atoms with Gasteiger partial charge in [-0.1, -0.05) is 84.6 Å². The van der Waals surface area contributed by atoms with E-state index in [-0.39, 0.29) is 18.1 Å². The fraction of sp³-hybridized carbons (Fsp3) is 0.276. The summed E-state index contributed by atoms with van der Waals surface area (Å²) >= 11 is 13.5. The minimum absolute atomic E-state index is 0.106. The van der Waals surface area contributed by atoms with Crippen LogP contribution in [0, 0.1) is 0 Å². The van der Waals surface area contributed by atoms with E-state index >= 15 is 0 Å². The number of hydrogen-bond donors (Lipinski definition) is 0. The smallest absolute Gasteiger partial charge is 0.196 e. The average molecular weight is 553 g/mol. The van der Waals surface area contributed by atoms with Gasteiger partial charge in [-0.25, -0.2) is 0 Å². The molecule has 37 heavy (non-hydrogen) atoms. The highest BCUT2D eigenvalue weighted by Crippen LogP contribution is 2.33. The van der Waals surface area contributed by atoms with Crippen LogP contribution >= 0.6 is 35.0 Å². The minimum Gasteiger partial charge on any atom is -0.486 e. The van der Waals surface area contributed by atoms with Gasteiger partial charge in [-0.05, 0) is 66.8 Å². The van der Waals surface area contributed by atoms with Crippen molar-refractivity contribution in [3.8, 4) is 11.4 Å². The summed E-state index contributed by atoms with van der Waals surface area (Å²) in [5, 5.41) is 10.2. The maximum absolute atomic E-state index is 12.8. The Morgan fingerprint density at radius 2 is 1.70 bits per heavy atom. The topological polar surface area (TPSA) is 57.0 Å². The summed E-state index contributed by atoms with van der Waals surface area (Å²) in [7, 11) is 0. The number of Topliss-reactive ketones (excluding diaryl/α,β-unsaturated/α-hetero) is 1. The van der Waals surface area contributed by atoms with Crippen LogP contribution in [0.5, 0.6) is 5.75 Å². The van der Waals surface area contributed by atoms with Crippen LogP contribution in [0.4, 0.5) is 0 Å². The molecule has 0 bridgehead atoms. The predicted octanol–water partition coefficient (Wildman–Crippen LogP) is 8.18. The first-order valence-electron chi connectivity index (χ1n) is 12.4. The lowest BCUT2D eigenvalue weighted by atomic mass is 9.84. The first-order valence-corrected chi connectivity index (χ1v) is 14.2. The third-order valence-electron chi connectivity index (χ3n) is 6.60. The molecule has 8 heteroatoms.